The Balaban J connectivity index is 1.78. The Hall–Kier alpha value is 0.210. The summed E-state index contributed by atoms with van der Waals surface area (Å²) in [7, 11) is 0.941. The molecule has 0 amide bonds. The third kappa shape index (κ3) is 3.28. The number of hydrogen-bond donors (Lipinski definition) is 1. The maximum atomic E-state index is 5.95. The topological polar surface area (TPSA) is 15.3 Å². The molecule has 0 aromatic rings. The summed E-state index contributed by atoms with van der Waals surface area (Å²) in [4.78, 5) is 2.28. The predicted molar refractivity (Wildman–Crippen MR) is 91.4 cm³/mol. The molecule has 3 aliphatic rings. The first-order valence-electron chi connectivity index (χ1n) is 7.54. The van der Waals surface area contributed by atoms with Crippen LogP contribution in [0.5, 0.6) is 0 Å². The fraction of sp³-hybridized carbons (Fsp3) is 0.857. The number of hydrogen-bond acceptors (Lipinski definition) is 2. The van der Waals surface area contributed by atoms with Crippen LogP contribution in [0.2, 0.25) is 0 Å². The molecule has 1 N–H and O–H groups in total. The first-order valence-corrected chi connectivity index (χ1v) is 9.39. The summed E-state index contributed by atoms with van der Waals surface area (Å²) >= 11 is 11.4. The Morgan fingerprint density at radius 1 is 1.16 bits per heavy atom. The lowest BCUT2D eigenvalue weighted by molar-refractivity contribution is 0.302. The Morgan fingerprint density at radius 2 is 2.00 bits per heavy atom. The Kier molecular flexibility index (Phi) is 4.40. The van der Waals surface area contributed by atoms with Crippen LogP contribution in [-0.2, 0) is 0 Å². The SMILES string of the molecule is S=C1CC2(CCCCCN(PC3CC3)C2=S)CCN1. The minimum Gasteiger partial charge on any atom is -0.380 e. The summed E-state index contributed by atoms with van der Waals surface area (Å²) in [6.45, 7) is 2.20. The summed E-state index contributed by atoms with van der Waals surface area (Å²) < 4.78 is 2.57. The highest BCUT2D eigenvalue weighted by molar-refractivity contribution is 7.81. The van der Waals surface area contributed by atoms with Gasteiger partial charge in [-0.15, -0.1) is 0 Å². The van der Waals surface area contributed by atoms with Gasteiger partial charge in [0.2, 0.25) is 0 Å². The van der Waals surface area contributed by atoms with Gasteiger partial charge in [0, 0.05) is 24.9 Å². The molecule has 2 nitrogen and oxygen atoms in total. The second-order valence-corrected chi connectivity index (χ2v) is 8.72. The van der Waals surface area contributed by atoms with Gasteiger partial charge in [0.1, 0.15) is 0 Å². The summed E-state index contributed by atoms with van der Waals surface area (Å²) in [5.41, 5.74) is 1.16. The van der Waals surface area contributed by atoms with Crippen LogP contribution in [-0.4, -0.2) is 33.4 Å². The third-order valence-corrected chi connectivity index (χ3v) is 7.38. The average Bonchev–Trinajstić information content (AvgIpc) is 3.19. The summed E-state index contributed by atoms with van der Waals surface area (Å²) in [5, 5.41) is 3.33. The number of rotatable bonds is 2. The molecule has 106 valence electrons. The van der Waals surface area contributed by atoms with Crippen molar-refractivity contribution in [1.82, 2.24) is 9.99 Å². The zero-order valence-electron chi connectivity index (χ0n) is 11.4. The average molecular weight is 314 g/mol. The van der Waals surface area contributed by atoms with Crippen molar-refractivity contribution >= 4 is 43.1 Å². The molecule has 19 heavy (non-hydrogen) atoms. The van der Waals surface area contributed by atoms with E-state index in [9.17, 15) is 0 Å². The van der Waals surface area contributed by atoms with Gasteiger partial charge in [-0.05, 0) is 46.5 Å². The Labute approximate surface area is 128 Å². The summed E-state index contributed by atoms with van der Waals surface area (Å²) in [6, 6.07) is 0. The molecule has 1 saturated carbocycles. The van der Waals surface area contributed by atoms with Crippen molar-refractivity contribution in [3.63, 3.8) is 0 Å². The highest BCUT2D eigenvalue weighted by Gasteiger charge is 2.41. The van der Waals surface area contributed by atoms with Crippen molar-refractivity contribution < 1.29 is 0 Å². The molecular formula is C14H23N2PS2. The van der Waals surface area contributed by atoms with E-state index in [4.69, 9.17) is 24.4 Å². The molecule has 1 aliphatic carbocycles. The quantitative estimate of drug-likeness (QED) is 0.618. The molecule has 2 atom stereocenters. The van der Waals surface area contributed by atoms with E-state index in [1.54, 1.807) is 0 Å². The van der Waals surface area contributed by atoms with Crippen molar-refractivity contribution in [2.75, 3.05) is 13.1 Å². The zero-order chi connectivity index (χ0) is 13.3. The molecule has 3 fully saturated rings. The maximum absolute atomic E-state index is 5.95. The summed E-state index contributed by atoms with van der Waals surface area (Å²) in [5.74, 6) is 0. The highest BCUT2D eigenvalue weighted by Crippen LogP contribution is 2.47. The second kappa shape index (κ2) is 5.91. The molecule has 0 aromatic heterocycles. The van der Waals surface area contributed by atoms with Gasteiger partial charge in [0.05, 0.1) is 9.98 Å². The Bertz CT molecular complexity index is 384. The molecule has 3 rings (SSSR count). The standard InChI is InChI=1S/C14H23N2PS2/c18-12-10-14(7-8-15-12)6-2-1-3-9-16(13(14)19)17-11-4-5-11/h11,17H,1-10H2,(H,15,18). The molecule has 2 saturated heterocycles. The number of thiocarbonyl (C=S) groups is 2. The van der Waals surface area contributed by atoms with Crippen LogP contribution in [0.4, 0.5) is 0 Å². The van der Waals surface area contributed by atoms with Crippen molar-refractivity contribution in [2.24, 2.45) is 5.41 Å². The van der Waals surface area contributed by atoms with Crippen LogP contribution in [0.3, 0.4) is 0 Å². The van der Waals surface area contributed by atoms with E-state index in [1.165, 1.54) is 56.5 Å². The molecule has 5 heteroatoms. The van der Waals surface area contributed by atoms with E-state index in [0.717, 1.165) is 32.3 Å². The van der Waals surface area contributed by atoms with Crippen LogP contribution in [0, 0.1) is 5.41 Å². The van der Waals surface area contributed by atoms with Crippen LogP contribution in [0.25, 0.3) is 0 Å². The first-order chi connectivity index (χ1) is 9.20. The second-order valence-electron chi connectivity index (χ2n) is 6.23. The largest absolute Gasteiger partial charge is 0.380 e. The van der Waals surface area contributed by atoms with Crippen molar-refractivity contribution in [1.29, 1.82) is 0 Å². The molecule has 2 unspecified atom stereocenters. The smallest absolute Gasteiger partial charge is 0.0877 e. The van der Waals surface area contributed by atoms with Crippen molar-refractivity contribution in [2.45, 2.75) is 57.0 Å². The minimum absolute atomic E-state index is 0.208. The zero-order valence-corrected chi connectivity index (χ0v) is 14.0. The van der Waals surface area contributed by atoms with Gasteiger partial charge in [-0.25, -0.2) is 0 Å². The fourth-order valence-electron chi connectivity index (χ4n) is 3.26. The molecule has 1 spiro atoms. The van der Waals surface area contributed by atoms with Crippen LogP contribution in [0.15, 0.2) is 0 Å². The third-order valence-electron chi connectivity index (χ3n) is 4.58. The highest BCUT2D eigenvalue weighted by atomic mass is 32.1. The molecule has 0 bridgehead atoms. The molecular weight excluding hydrogens is 291 g/mol. The number of nitrogens with one attached hydrogen (secondary N) is 1. The van der Waals surface area contributed by atoms with E-state index >= 15 is 0 Å². The van der Waals surface area contributed by atoms with Gasteiger partial charge in [-0.2, -0.15) is 0 Å². The number of piperidine rings is 1. The van der Waals surface area contributed by atoms with Gasteiger partial charge in [-0.3, -0.25) is 0 Å². The van der Waals surface area contributed by atoms with E-state index in [1.807, 2.05) is 0 Å². The van der Waals surface area contributed by atoms with Crippen LogP contribution < -0.4 is 5.32 Å². The van der Waals surface area contributed by atoms with Gasteiger partial charge in [0.15, 0.2) is 0 Å². The van der Waals surface area contributed by atoms with Crippen molar-refractivity contribution in [3.05, 3.63) is 0 Å². The van der Waals surface area contributed by atoms with E-state index in [0.29, 0.717) is 0 Å². The van der Waals surface area contributed by atoms with E-state index in [-0.39, 0.29) is 5.41 Å². The van der Waals surface area contributed by atoms with Crippen LogP contribution in [0.1, 0.15) is 51.4 Å². The lowest BCUT2D eigenvalue weighted by Crippen LogP contribution is -2.49. The van der Waals surface area contributed by atoms with Crippen molar-refractivity contribution in [3.8, 4) is 0 Å². The monoisotopic (exact) mass is 314 g/mol. The van der Waals surface area contributed by atoms with Gasteiger partial charge < -0.3 is 9.99 Å². The van der Waals surface area contributed by atoms with Crippen LogP contribution >= 0.6 is 33.2 Å². The summed E-state index contributed by atoms with van der Waals surface area (Å²) in [6.07, 6.45) is 10.3. The molecule has 0 aromatic carbocycles. The molecule has 2 aliphatic heterocycles. The van der Waals surface area contributed by atoms with E-state index < -0.39 is 0 Å². The maximum Gasteiger partial charge on any atom is 0.0877 e. The molecule has 2 heterocycles. The van der Waals surface area contributed by atoms with Gasteiger partial charge in [0.25, 0.3) is 0 Å². The normalized spacial score (nSPS) is 33.6. The molecule has 0 radical (unpaired) electrons. The Morgan fingerprint density at radius 3 is 2.74 bits per heavy atom. The predicted octanol–water partition coefficient (Wildman–Crippen LogP) is 3.64. The lowest BCUT2D eigenvalue weighted by Gasteiger charge is -2.44. The first kappa shape index (κ1) is 14.2. The van der Waals surface area contributed by atoms with Gasteiger partial charge >= 0.3 is 0 Å². The minimum atomic E-state index is 0.208. The van der Waals surface area contributed by atoms with Gasteiger partial charge in [-0.1, -0.05) is 37.3 Å². The number of nitrogens with zero attached hydrogens (tertiary/aromatic N) is 1. The fourth-order valence-corrected chi connectivity index (χ4v) is 5.67. The lowest BCUT2D eigenvalue weighted by atomic mass is 9.74. The van der Waals surface area contributed by atoms with E-state index in [2.05, 4.69) is 9.99 Å².